The summed E-state index contributed by atoms with van der Waals surface area (Å²) in [5, 5.41) is 3.74. The Bertz CT molecular complexity index is 395. The fourth-order valence-electron chi connectivity index (χ4n) is 2.63. The summed E-state index contributed by atoms with van der Waals surface area (Å²) in [6.45, 7) is 4.34. The molecule has 1 fully saturated rings. The highest BCUT2D eigenvalue weighted by atomic mass is 16.5. The molecule has 0 amide bonds. The van der Waals surface area contributed by atoms with Crippen LogP contribution < -0.4 is 10.1 Å². The molecule has 1 heterocycles. The van der Waals surface area contributed by atoms with E-state index in [1.165, 1.54) is 24.8 Å². The predicted octanol–water partition coefficient (Wildman–Crippen LogP) is 3.04. The van der Waals surface area contributed by atoms with Crippen molar-refractivity contribution in [3.63, 3.8) is 0 Å². The molecule has 1 unspecified atom stereocenters. The zero-order valence-electron chi connectivity index (χ0n) is 9.99. The van der Waals surface area contributed by atoms with Gasteiger partial charge in [0, 0.05) is 11.6 Å². The Balaban J connectivity index is 1.88. The molecule has 16 heavy (non-hydrogen) atoms. The van der Waals surface area contributed by atoms with Gasteiger partial charge in [0.2, 0.25) is 0 Å². The first-order valence-corrected chi connectivity index (χ1v) is 6.21. The summed E-state index contributed by atoms with van der Waals surface area (Å²) in [5.74, 6) is 1.05. The number of rotatable bonds is 2. The first-order valence-electron chi connectivity index (χ1n) is 6.21. The molecule has 1 aliphatic carbocycles. The lowest BCUT2D eigenvalue weighted by Crippen LogP contribution is -2.46. The number of para-hydroxylation sites is 1. The molecule has 2 nitrogen and oxygen atoms in total. The molecule has 3 rings (SSSR count). The maximum absolute atomic E-state index is 6.01. The van der Waals surface area contributed by atoms with Crippen molar-refractivity contribution in [2.75, 3.05) is 0 Å². The Morgan fingerprint density at radius 2 is 2.00 bits per heavy atom. The Kier molecular flexibility index (Phi) is 2.21. The van der Waals surface area contributed by atoms with Crippen LogP contribution in [0.2, 0.25) is 0 Å². The van der Waals surface area contributed by atoms with E-state index in [2.05, 4.69) is 37.4 Å². The summed E-state index contributed by atoms with van der Waals surface area (Å²) < 4.78 is 6.01. The summed E-state index contributed by atoms with van der Waals surface area (Å²) in [7, 11) is 0. The van der Waals surface area contributed by atoms with Crippen LogP contribution in [0, 0.1) is 0 Å². The van der Waals surface area contributed by atoms with Gasteiger partial charge in [0.1, 0.15) is 11.4 Å². The third kappa shape index (κ3) is 1.52. The molecule has 2 aliphatic rings. The van der Waals surface area contributed by atoms with E-state index in [4.69, 9.17) is 4.74 Å². The number of hydrogen-bond acceptors (Lipinski definition) is 2. The smallest absolute Gasteiger partial charge is 0.125 e. The quantitative estimate of drug-likeness (QED) is 0.822. The van der Waals surface area contributed by atoms with Gasteiger partial charge in [0.15, 0.2) is 0 Å². The minimum Gasteiger partial charge on any atom is -0.486 e. The molecular weight excluding hydrogens is 198 g/mol. The van der Waals surface area contributed by atoms with Gasteiger partial charge in [-0.3, -0.25) is 0 Å². The summed E-state index contributed by atoms with van der Waals surface area (Å²) in [5.41, 5.74) is 1.19. The van der Waals surface area contributed by atoms with Gasteiger partial charge >= 0.3 is 0 Å². The molecule has 0 aromatic heterocycles. The van der Waals surface area contributed by atoms with Crippen molar-refractivity contribution in [1.29, 1.82) is 0 Å². The minimum atomic E-state index is -0.126. The molecule has 1 atom stereocenters. The highest BCUT2D eigenvalue weighted by Crippen LogP contribution is 2.43. The predicted molar refractivity (Wildman–Crippen MR) is 64.7 cm³/mol. The van der Waals surface area contributed by atoms with Gasteiger partial charge in [0.05, 0.1) is 6.04 Å². The molecule has 1 aromatic carbocycles. The normalized spacial score (nSPS) is 27.0. The van der Waals surface area contributed by atoms with Gasteiger partial charge in [-0.25, -0.2) is 0 Å². The van der Waals surface area contributed by atoms with Crippen LogP contribution in [0.1, 0.15) is 44.7 Å². The third-order valence-electron chi connectivity index (χ3n) is 3.81. The Morgan fingerprint density at radius 1 is 1.25 bits per heavy atom. The molecule has 0 saturated heterocycles. The molecular formula is C14H19NO. The topological polar surface area (TPSA) is 21.3 Å². The highest BCUT2D eigenvalue weighted by Gasteiger charge is 2.42. The number of nitrogens with one attached hydrogen (secondary N) is 1. The fourth-order valence-corrected chi connectivity index (χ4v) is 2.63. The first-order chi connectivity index (χ1) is 7.67. The van der Waals surface area contributed by atoms with E-state index in [-0.39, 0.29) is 5.60 Å². The van der Waals surface area contributed by atoms with Crippen LogP contribution in [-0.4, -0.2) is 11.6 Å². The van der Waals surface area contributed by atoms with E-state index in [1.807, 2.05) is 6.07 Å². The zero-order chi connectivity index (χ0) is 11.2. The minimum absolute atomic E-state index is 0.126. The van der Waals surface area contributed by atoms with E-state index in [1.54, 1.807) is 0 Å². The van der Waals surface area contributed by atoms with Crippen LogP contribution in [0.15, 0.2) is 24.3 Å². The molecule has 0 radical (unpaired) electrons. The molecule has 1 aromatic rings. The second-order valence-corrected chi connectivity index (χ2v) is 5.47. The standard InChI is InChI=1S/C14H19NO/c1-14(2)13(15-10-6-5-7-10)11-8-3-4-9-12(11)16-14/h3-4,8-10,13,15H,5-7H2,1-2H3. The summed E-state index contributed by atoms with van der Waals surface area (Å²) in [6, 6.07) is 9.42. The number of hydrogen-bond donors (Lipinski definition) is 1. The molecule has 1 aliphatic heterocycles. The fraction of sp³-hybridized carbons (Fsp3) is 0.571. The number of fused-ring (bicyclic) bond motifs is 1. The van der Waals surface area contributed by atoms with Crippen LogP contribution >= 0.6 is 0 Å². The Morgan fingerprint density at radius 3 is 2.69 bits per heavy atom. The lowest BCUT2D eigenvalue weighted by Gasteiger charge is -2.35. The SMILES string of the molecule is CC1(C)Oc2ccccc2C1NC1CCC1. The van der Waals surface area contributed by atoms with Gasteiger partial charge in [-0.15, -0.1) is 0 Å². The number of benzene rings is 1. The van der Waals surface area contributed by atoms with Gasteiger partial charge in [-0.1, -0.05) is 24.6 Å². The van der Waals surface area contributed by atoms with Crippen molar-refractivity contribution >= 4 is 0 Å². The van der Waals surface area contributed by atoms with E-state index in [0.29, 0.717) is 12.1 Å². The summed E-state index contributed by atoms with van der Waals surface area (Å²) in [6.07, 6.45) is 4.00. The largest absolute Gasteiger partial charge is 0.486 e. The van der Waals surface area contributed by atoms with Crippen molar-refractivity contribution in [1.82, 2.24) is 5.32 Å². The van der Waals surface area contributed by atoms with Gasteiger partial charge < -0.3 is 10.1 Å². The molecule has 2 heteroatoms. The second kappa shape index (κ2) is 3.49. The van der Waals surface area contributed by atoms with Gasteiger partial charge in [-0.2, -0.15) is 0 Å². The summed E-state index contributed by atoms with van der Waals surface area (Å²) in [4.78, 5) is 0. The van der Waals surface area contributed by atoms with Crippen LogP contribution in [0.5, 0.6) is 5.75 Å². The number of ether oxygens (including phenoxy) is 1. The van der Waals surface area contributed by atoms with Crippen molar-refractivity contribution in [2.24, 2.45) is 0 Å². The van der Waals surface area contributed by atoms with Crippen LogP contribution in [0.25, 0.3) is 0 Å². The lowest BCUT2D eigenvalue weighted by molar-refractivity contribution is 0.0842. The van der Waals surface area contributed by atoms with Crippen LogP contribution in [-0.2, 0) is 0 Å². The van der Waals surface area contributed by atoms with Crippen LogP contribution in [0.3, 0.4) is 0 Å². The van der Waals surface area contributed by atoms with E-state index < -0.39 is 0 Å². The van der Waals surface area contributed by atoms with Crippen molar-refractivity contribution < 1.29 is 4.74 Å². The lowest BCUT2D eigenvalue weighted by atomic mass is 9.88. The zero-order valence-corrected chi connectivity index (χ0v) is 9.99. The maximum Gasteiger partial charge on any atom is 0.125 e. The van der Waals surface area contributed by atoms with Crippen molar-refractivity contribution in [3.8, 4) is 5.75 Å². The highest BCUT2D eigenvalue weighted by molar-refractivity contribution is 5.42. The second-order valence-electron chi connectivity index (χ2n) is 5.47. The van der Waals surface area contributed by atoms with E-state index in [9.17, 15) is 0 Å². The monoisotopic (exact) mass is 217 g/mol. The van der Waals surface area contributed by atoms with Crippen molar-refractivity contribution in [3.05, 3.63) is 29.8 Å². The van der Waals surface area contributed by atoms with Gasteiger partial charge in [0.25, 0.3) is 0 Å². The molecule has 1 N–H and O–H groups in total. The Labute approximate surface area is 97.0 Å². The summed E-state index contributed by atoms with van der Waals surface area (Å²) >= 11 is 0. The van der Waals surface area contributed by atoms with E-state index in [0.717, 1.165) is 5.75 Å². The van der Waals surface area contributed by atoms with E-state index >= 15 is 0 Å². The first kappa shape index (κ1) is 10.2. The Hall–Kier alpha value is -1.02. The molecule has 1 saturated carbocycles. The van der Waals surface area contributed by atoms with Crippen molar-refractivity contribution in [2.45, 2.75) is 50.8 Å². The molecule has 86 valence electrons. The average Bonchev–Trinajstić information content (AvgIpc) is 2.42. The maximum atomic E-state index is 6.01. The third-order valence-corrected chi connectivity index (χ3v) is 3.81. The van der Waals surface area contributed by atoms with Crippen LogP contribution in [0.4, 0.5) is 0 Å². The average molecular weight is 217 g/mol. The van der Waals surface area contributed by atoms with Gasteiger partial charge in [-0.05, 0) is 32.8 Å². The molecule has 0 spiro atoms. The molecule has 0 bridgehead atoms.